The van der Waals surface area contributed by atoms with Gasteiger partial charge in [0.15, 0.2) is 0 Å². The molecule has 1 saturated heterocycles. The Bertz CT molecular complexity index is 442. The molecule has 1 aromatic carbocycles. The Kier molecular flexibility index (Phi) is 8.36. The molecule has 1 aromatic rings. The maximum absolute atomic E-state index is 12.1. The molecule has 2 rings (SSSR count). The number of nitrogens with zero attached hydrogens (tertiary/aromatic N) is 1. The Morgan fingerprint density at radius 3 is 2.81 bits per heavy atom. The summed E-state index contributed by atoms with van der Waals surface area (Å²) in [4.78, 5) is 14.1. The second-order valence-corrected chi connectivity index (χ2v) is 6.29. The van der Waals surface area contributed by atoms with Crippen LogP contribution in [0.25, 0.3) is 0 Å². The van der Waals surface area contributed by atoms with E-state index in [4.69, 9.17) is 4.74 Å². The summed E-state index contributed by atoms with van der Waals surface area (Å²) in [5, 5.41) is 3.29. The van der Waals surface area contributed by atoms with Gasteiger partial charge in [-0.1, -0.05) is 0 Å². The highest BCUT2D eigenvalue weighted by Crippen LogP contribution is 2.14. The predicted molar refractivity (Wildman–Crippen MR) is 95.2 cm³/mol. The molecule has 21 heavy (non-hydrogen) atoms. The number of hydrogen-bond acceptors (Lipinski definition) is 3. The molecule has 0 aromatic heterocycles. The lowest BCUT2D eigenvalue weighted by molar-refractivity contribution is -0.134. The van der Waals surface area contributed by atoms with Crippen molar-refractivity contribution >= 4 is 40.9 Å². The lowest BCUT2D eigenvalue weighted by atomic mass is 10.2. The van der Waals surface area contributed by atoms with Crippen LogP contribution in [0.5, 0.6) is 5.75 Å². The van der Waals surface area contributed by atoms with Crippen LogP contribution in [0.1, 0.15) is 19.8 Å². The van der Waals surface area contributed by atoms with E-state index < -0.39 is 0 Å². The zero-order valence-electron chi connectivity index (χ0n) is 12.2. The molecule has 1 aliphatic rings. The quantitative estimate of drug-likeness (QED) is 0.584. The number of carbonyl (C=O) groups excluding carboxylic acids is 1. The number of piperazine rings is 1. The minimum absolute atomic E-state index is 0. The Hall–Kier alpha value is -0.530. The molecule has 1 heterocycles. The molecular weight excluding hydrogens is 403 g/mol. The third-order valence-corrected chi connectivity index (χ3v) is 4.16. The van der Waals surface area contributed by atoms with E-state index in [2.05, 4.69) is 34.8 Å². The van der Waals surface area contributed by atoms with Gasteiger partial charge in [-0.3, -0.25) is 4.79 Å². The summed E-state index contributed by atoms with van der Waals surface area (Å²) in [6.45, 7) is 5.29. The summed E-state index contributed by atoms with van der Waals surface area (Å²) in [7, 11) is 0. The van der Waals surface area contributed by atoms with Crippen molar-refractivity contribution in [2.45, 2.75) is 25.8 Å². The molecule has 1 aliphatic heterocycles. The highest BCUT2D eigenvalue weighted by Gasteiger charge is 2.22. The minimum Gasteiger partial charge on any atom is -0.494 e. The Labute approximate surface area is 146 Å². The second-order valence-electron chi connectivity index (χ2n) is 5.05. The molecule has 0 saturated carbocycles. The molecule has 6 heteroatoms. The van der Waals surface area contributed by atoms with Crippen LogP contribution in [0.3, 0.4) is 0 Å². The highest BCUT2D eigenvalue weighted by atomic mass is 127. The van der Waals surface area contributed by atoms with Crippen molar-refractivity contribution in [1.82, 2.24) is 10.2 Å². The van der Waals surface area contributed by atoms with Crippen LogP contribution in [0.2, 0.25) is 0 Å². The standard InChI is InChI=1S/C15H21IN2O2.ClH/c1-12-11-17-8-9-18(12)15(19)3-2-10-20-14-6-4-13(16)5-7-14;/h4-7,12,17H,2-3,8-11H2,1H3;1H. The first-order valence-electron chi connectivity index (χ1n) is 7.05. The lowest BCUT2D eigenvalue weighted by Crippen LogP contribution is -2.52. The lowest BCUT2D eigenvalue weighted by Gasteiger charge is -2.34. The first-order valence-corrected chi connectivity index (χ1v) is 8.13. The van der Waals surface area contributed by atoms with Crippen LogP contribution in [0.4, 0.5) is 0 Å². The molecule has 0 bridgehead atoms. The van der Waals surface area contributed by atoms with E-state index in [1.807, 2.05) is 29.2 Å². The van der Waals surface area contributed by atoms with E-state index in [1.54, 1.807) is 0 Å². The number of benzene rings is 1. The summed E-state index contributed by atoms with van der Waals surface area (Å²) < 4.78 is 6.83. The van der Waals surface area contributed by atoms with Crippen molar-refractivity contribution < 1.29 is 9.53 Å². The fourth-order valence-electron chi connectivity index (χ4n) is 2.30. The molecule has 1 N–H and O–H groups in total. The number of nitrogens with one attached hydrogen (secondary N) is 1. The van der Waals surface area contributed by atoms with E-state index in [0.717, 1.165) is 31.8 Å². The number of ether oxygens (including phenoxy) is 1. The van der Waals surface area contributed by atoms with E-state index >= 15 is 0 Å². The second kappa shape index (κ2) is 9.48. The van der Waals surface area contributed by atoms with Gasteiger partial charge in [-0.25, -0.2) is 0 Å². The number of halogens is 2. The first kappa shape index (κ1) is 18.5. The monoisotopic (exact) mass is 424 g/mol. The Morgan fingerprint density at radius 1 is 1.43 bits per heavy atom. The van der Waals surface area contributed by atoms with Gasteiger partial charge in [0, 0.05) is 35.7 Å². The largest absolute Gasteiger partial charge is 0.494 e. The van der Waals surface area contributed by atoms with E-state index in [-0.39, 0.29) is 18.3 Å². The van der Waals surface area contributed by atoms with Gasteiger partial charge >= 0.3 is 0 Å². The molecule has 0 spiro atoms. The van der Waals surface area contributed by atoms with Crippen molar-refractivity contribution in [2.24, 2.45) is 0 Å². The molecule has 1 unspecified atom stereocenters. The van der Waals surface area contributed by atoms with Crippen LogP contribution in [0.15, 0.2) is 24.3 Å². The number of amides is 1. The van der Waals surface area contributed by atoms with E-state index in [0.29, 0.717) is 19.1 Å². The van der Waals surface area contributed by atoms with E-state index in [1.165, 1.54) is 3.57 Å². The molecule has 4 nitrogen and oxygen atoms in total. The van der Waals surface area contributed by atoms with Gasteiger partial charge in [0.2, 0.25) is 5.91 Å². The summed E-state index contributed by atoms with van der Waals surface area (Å²) in [6.07, 6.45) is 1.33. The zero-order chi connectivity index (χ0) is 14.4. The molecule has 1 atom stereocenters. The Morgan fingerprint density at radius 2 is 2.14 bits per heavy atom. The van der Waals surface area contributed by atoms with Crippen LogP contribution < -0.4 is 10.1 Å². The maximum atomic E-state index is 12.1. The molecule has 118 valence electrons. The number of rotatable bonds is 5. The number of hydrogen-bond donors (Lipinski definition) is 1. The van der Waals surface area contributed by atoms with Crippen LogP contribution in [-0.2, 0) is 4.79 Å². The SMILES string of the molecule is CC1CNCCN1C(=O)CCCOc1ccc(I)cc1.Cl. The predicted octanol–water partition coefficient (Wildman–Crippen LogP) is 2.69. The van der Waals surface area contributed by atoms with Gasteiger partial charge in [-0.2, -0.15) is 0 Å². The summed E-state index contributed by atoms with van der Waals surface area (Å²) >= 11 is 2.27. The average molecular weight is 425 g/mol. The minimum atomic E-state index is 0. The average Bonchev–Trinajstić information content (AvgIpc) is 2.46. The fourth-order valence-corrected chi connectivity index (χ4v) is 2.66. The van der Waals surface area contributed by atoms with Crippen molar-refractivity contribution in [2.75, 3.05) is 26.2 Å². The van der Waals surface area contributed by atoms with Gasteiger partial charge in [-0.05, 0) is 60.2 Å². The third kappa shape index (κ3) is 6.00. The molecule has 0 radical (unpaired) electrons. The van der Waals surface area contributed by atoms with Crippen LogP contribution >= 0.6 is 35.0 Å². The van der Waals surface area contributed by atoms with Crippen molar-refractivity contribution in [1.29, 1.82) is 0 Å². The topological polar surface area (TPSA) is 41.6 Å². The van der Waals surface area contributed by atoms with Crippen molar-refractivity contribution in [3.05, 3.63) is 27.8 Å². The smallest absolute Gasteiger partial charge is 0.223 e. The number of carbonyl (C=O) groups is 1. The normalized spacial score (nSPS) is 18.0. The van der Waals surface area contributed by atoms with Gasteiger partial charge < -0.3 is 15.0 Å². The van der Waals surface area contributed by atoms with Crippen LogP contribution in [-0.4, -0.2) is 43.1 Å². The maximum Gasteiger partial charge on any atom is 0.223 e. The highest BCUT2D eigenvalue weighted by molar-refractivity contribution is 14.1. The molecule has 0 aliphatic carbocycles. The summed E-state index contributed by atoms with van der Waals surface area (Å²) in [6, 6.07) is 8.25. The van der Waals surface area contributed by atoms with Gasteiger partial charge in [0.1, 0.15) is 5.75 Å². The summed E-state index contributed by atoms with van der Waals surface area (Å²) in [5.41, 5.74) is 0. The Balaban J connectivity index is 0.00000220. The first-order chi connectivity index (χ1) is 9.66. The van der Waals surface area contributed by atoms with E-state index in [9.17, 15) is 4.79 Å². The molecular formula is C15H22ClIN2O2. The van der Waals surface area contributed by atoms with Gasteiger partial charge in [0.25, 0.3) is 0 Å². The molecule has 1 fully saturated rings. The molecule has 1 amide bonds. The van der Waals surface area contributed by atoms with Crippen molar-refractivity contribution in [3.8, 4) is 5.75 Å². The zero-order valence-corrected chi connectivity index (χ0v) is 15.2. The summed E-state index contributed by atoms with van der Waals surface area (Å²) in [5.74, 6) is 1.11. The third-order valence-electron chi connectivity index (χ3n) is 3.44. The van der Waals surface area contributed by atoms with Gasteiger partial charge in [0.05, 0.1) is 6.61 Å². The van der Waals surface area contributed by atoms with Crippen molar-refractivity contribution in [3.63, 3.8) is 0 Å². The van der Waals surface area contributed by atoms with Gasteiger partial charge in [-0.15, -0.1) is 12.4 Å². The fraction of sp³-hybridized carbons (Fsp3) is 0.533. The van der Waals surface area contributed by atoms with Crippen LogP contribution in [0, 0.1) is 3.57 Å².